The number of nitrogens with zero attached hydrogens (tertiary/aromatic N) is 1. The van der Waals surface area contributed by atoms with E-state index in [1.807, 2.05) is 36.1 Å². The number of hydrogen-bond acceptors (Lipinski definition) is 1. The van der Waals surface area contributed by atoms with Crippen LogP contribution < -0.4 is 10.2 Å². The molecular weight excluding hydrogens is 384 g/mol. The van der Waals surface area contributed by atoms with Gasteiger partial charge in [0.05, 0.1) is 26.2 Å². The molecule has 0 bridgehead atoms. The predicted molar refractivity (Wildman–Crippen MR) is 104 cm³/mol. The Morgan fingerprint density at radius 2 is 1.86 bits per heavy atom. The number of amides is 1. The van der Waals surface area contributed by atoms with Crippen LogP contribution in [0.5, 0.6) is 0 Å². The molecule has 4 nitrogen and oxygen atoms in total. The minimum absolute atomic E-state index is 0.0555. The van der Waals surface area contributed by atoms with Gasteiger partial charge in [0.25, 0.3) is 5.91 Å². The Bertz CT molecular complexity index is 808. The number of carbonyl (C=O) groups excluding carboxylic acids is 1. The van der Waals surface area contributed by atoms with Crippen molar-refractivity contribution in [3.8, 4) is 0 Å². The Labute approximate surface area is 169 Å². The molecule has 28 heavy (non-hydrogen) atoms. The van der Waals surface area contributed by atoms with E-state index in [1.54, 1.807) is 5.32 Å². The molecule has 0 spiro atoms. The van der Waals surface area contributed by atoms with E-state index in [-0.39, 0.29) is 18.5 Å². The number of piperazine rings is 1. The van der Waals surface area contributed by atoms with Crippen LogP contribution in [-0.4, -0.2) is 43.5 Å². The molecule has 1 amide bonds. The van der Waals surface area contributed by atoms with Crippen LogP contribution in [0.4, 0.5) is 8.78 Å². The highest BCUT2D eigenvalue weighted by Crippen LogP contribution is 2.14. The first-order valence-corrected chi connectivity index (χ1v) is 9.94. The van der Waals surface area contributed by atoms with E-state index in [2.05, 4.69) is 0 Å². The summed E-state index contributed by atoms with van der Waals surface area (Å²) in [5, 5.41) is 2.53. The summed E-state index contributed by atoms with van der Waals surface area (Å²) < 4.78 is 26.9. The molecule has 1 heterocycles. The SMILES string of the molecule is C[C@@H]([NH2+]CC(=O)N1CC[NH+](Cc2ccc(Cl)cc2)CC1)c1ccc(F)cc1F. The van der Waals surface area contributed by atoms with Crippen LogP contribution >= 0.6 is 11.6 Å². The smallest absolute Gasteiger partial charge is 0.278 e. The van der Waals surface area contributed by atoms with Gasteiger partial charge in [0.2, 0.25) is 0 Å². The monoisotopic (exact) mass is 409 g/mol. The van der Waals surface area contributed by atoms with Gasteiger partial charge in [-0.05, 0) is 31.2 Å². The Morgan fingerprint density at radius 3 is 2.50 bits per heavy atom. The molecule has 2 aromatic rings. The summed E-state index contributed by atoms with van der Waals surface area (Å²) in [6.45, 7) is 6.23. The maximum absolute atomic E-state index is 13.9. The third kappa shape index (κ3) is 5.50. The third-order valence-corrected chi connectivity index (χ3v) is 5.54. The second kappa shape index (κ2) is 9.45. The summed E-state index contributed by atoms with van der Waals surface area (Å²) in [5.41, 5.74) is 1.65. The molecule has 7 heteroatoms. The number of hydrogen-bond donors (Lipinski definition) is 2. The molecule has 1 atom stereocenters. The summed E-state index contributed by atoms with van der Waals surface area (Å²) in [7, 11) is 0. The van der Waals surface area contributed by atoms with Crippen LogP contribution in [0, 0.1) is 11.6 Å². The van der Waals surface area contributed by atoms with Crippen LogP contribution in [0.25, 0.3) is 0 Å². The lowest BCUT2D eigenvalue weighted by Gasteiger charge is -2.32. The molecule has 1 saturated heterocycles. The number of carbonyl (C=O) groups is 1. The van der Waals surface area contributed by atoms with Gasteiger partial charge < -0.3 is 15.1 Å². The molecule has 1 aliphatic heterocycles. The summed E-state index contributed by atoms with van der Waals surface area (Å²) >= 11 is 5.92. The maximum Gasteiger partial charge on any atom is 0.278 e. The van der Waals surface area contributed by atoms with Gasteiger partial charge in [0.1, 0.15) is 24.2 Å². The van der Waals surface area contributed by atoms with Crippen molar-refractivity contribution in [1.82, 2.24) is 4.90 Å². The first kappa shape index (κ1) is 20.7. The van der Waals surface area contributed by atoms with Gasteiger partial charge >= 0.3 is 0 Å². The highest BCUT2D eigenvalue weighted by Gasteiger charge is 2.25. The molecular formula is C21H26ClF2N3O+2. The zero-order valence-corrected chi connectivity index (χ0v) is 16.7. The van der Waals surface area contributed by atoms with Crippen molar-refractivity contribution >= 4 is 17.5 Å². The van der Waals surface area contributed by atoms with Crippen LogP contribution in [-0.2, 0) is 11.3 Å². The van der Waals surface area contributed by atoms with Crippen molar-refractivity contribution < 1.29 is 23.8 Å². The number of benzene rings is 2. The van der Waals surface area contributed by atoms with Gasteiger partial charge in [0, 0.05) is 22.2 Å². The minimum atomic E-state index is -0.594. The summed E-state index contributed by atoms with van der Waals surface area (Å²) in [6.07, 6.45) is 0. The lowest BCUT2D eigenvalue weighted by Crippen LogP contribution is -3.13. The van der Waals surface area contributed by atoms with Crippen molar-refractivity contribution in [3.05, 3.63) is 70.2 Å². The molecule has 3 N–H and O–H groups in total. The quantitative estimate of drug-likeness (QED) is 0.739. The molecule has 1 aliphatic rings. The van der Waals surface area contributed by atoms with E-state index < -0.39 is 11.6 Å². The minimum Gasteiger partial charge on any atom is -0.332 e. The Hall–Kier alpha value is -2.02. The Kier molecular flexibility index (Phi) is 6.99. The third-order valence-electron chi connectivity index (χ3n) is 5.29. The molecule has 0 radical (unpaired) electrons. The summed E-state index contributed by atoms with van der Waals surface area (Å²) in [4.78, 5) is 15.8. The topological polar surface area (TPSA) is 41.4 Å². The molecule has 3 rings (SSSR count). The number of nitrogens with two attached hydrogens (primary N) is 1. The molecule has 0 unspecified atom stereocenters. The van der Waals surface area contributed by atoms with E-state index in [9.17, 15) is 13.6 Å². The lowest BCUT2D eigenvalue weighted by atomic mass is 10.1. The van der Waals surface area contributed by atoms with Gasteiger partial charge in [-0.15, -0.1) is 0 Å². The van der Waals surface area contributed by atoms with E-state index in [4.69, 9.17) is 11.6 Å². The fraction of sp³-hybridized carbons (Fsp3) is 0.381. The highest BCUT2D eigenvalue weighted by atomic mass is 35.5. The Morgan fingerprint density at radius 1 is 1.18 bits per heavy atom. The van der Waals surface area contributed by atoms with Crippen LogP contribution in [0.2, 0.25) is 5.02 Å². The molecule has 0 aromatic heterocycles. The fourth-order valence-corrected chi connectivity index (χ4v) is 3.67. The van der Waals surface area contributed by atoms with E-state index >= 15 is 0 Å². The van der Waals surface area contributed by atoms with E-state index in [1.165, 1.54) is 22.6 Å². The number of quaternary nitrogens is 2. The normalized spacial score (nSPS) is 16.2. The zero-order chi connectivity index (χ0) is 20.1. The molecule has 1 fully saturated rings. The summed E-state index contributed by atoms with van der Waals surface area (Å²) in [6, 6.07) is 11.2. The van der Waals surface area contributed by atoms with Crippen LogP contribution in [0.3, 0.4) is 0 Å². The molecule has 0 saturated carbocycles. The van der Waals surface area contributed by atoms with E-state index in [0.29, 0.717) is 5.56 Å². The number of nitrogens with one attached hydrogen (secondary N) is 1. The maximum atomic E-state index is 13.9. The van der Waals surface area contributed by atoms with Gasteiger partial charge in [-0.2, -0.15) is 0 Å². The van der Waals surface area contributed by atoms with Gasteiger partial charge in [-0.1, -0.05) is 23.7 Å². The highest BCUT2D eigenvalue weighted by molar-refractivity contribution is 6.30. The van der Waals surface area contributed by atoms with Gasteiger partial charge in [0.15, 0.2) is 6.54 Å². The first-order chi connectivity index (χ1) is 13.4. The largest absolute Gasteiger partial charge is 0.332 e. The van der Waals surface area contributed by atoms with Crippen molar-refractivity contribution in [3.63, 3.8) is 0 Å². The van der Waals surface area contributed by atoms with Gasteiger partial charge in [-0.25, -0.2) is 8.78 Å². The average molecular weight is 410 g/mol. The number of rotatable bonds is 6. The van der Waals surface area contributed by atoms with Crippen molar-refractivity contribution in [2.24, 2.45) is 0 Å². The Balaban J connectivity index is 1.44. The van der Waals surface area contributed by atoms with Crippen LogP contribution in [0.1, 0.15) is 24.1 Å². The fourth-order valence-electron chi connectivity index (χ4n) is 3.54. The summed E-state index contributed by atoms with van der Waals surface area (Å²) in [5.74, 6) is -1.11. The molecule has 2 aromatic carbocycles. The molecule has 150 valence electrons. The van der Waals surface area contributed by atoms with Crippen molar-refractivity contribution in [2.75, 3.05) is 32.7 Å². The van der Waals surface area contributed by atoms with Crippen molar-refractivity contribution in [2.45, 2.75) is 19.5 Å². The molecule has 0 aliphatic carbocycles. The van der Waals surface area contributed by atoms with Crippen LogP contribution in [0.15, 0.2) is 42.5 Å². The van der Waals surface area contributed by atoms with Crippen molar-refractivity contribution in [1.29, 1.82) is 0 Å². The predicted octanol–water partition coefficient (Wildman–Crippen LogP) is 1.17. The standard InChI is InChI=1S/C21H24ClF2N3O/c1-15(19-7-6-18(23)12-20(19)24)25-13-21(28)27-10-8-26(9-11-27)14-16-2-4-17(22)5-3-16/h2-7,12,15,25H,8-11,13-14H2,1H3/p+2/t15-/m1/s1. The first-order valence-electron chi connectivity index (χ1n) is 9.56. The van der Waals surface area contributed by atoms with E-state index in [0.717, 1.165) is 43.8 Å². The second-order valence-corrected chi connectivity index (χ2v) is 7.76. The zero-order valence-electron chi connectivity index (χ0n) is 15.9. The second-order valence-electron chi connectivity index (χ2n) is 7.33. The lowest BCUT2D eigenvalue weighted by molar-refractivity contribution is -0.917. The van der Waals surface area contributed by atoms with Gasteiger partial charge in [-0.3, -0.25) is 4.79 Å². The number of halogens is 3. The average Bonchev–Trinajstić information content (AvgIpc) is 2.68.